The first kappa shape index (κ1) is 27.5. The van der Waals surface area contributed by atoms with Crippen molar-refractivity contribution in [2.24, 2.45) is 0 Å². The number of halogens is 2. The van der Waals surface area contributed by atoms with Crippen LogP contribution in [-0.2, 0) is 11.4 Å². The fourth-order valence-electron chi connectivity index (χ4n) is 5.79. The maximum absolute atomic E-state index is 12.7. The Hall–Kier alpha value is -3.08. The first-order chi connectivity index (χ1) is 19.0. The lowest BCUT2D eigenvalue weighted by Crippen LogP contribution is -2.26. The number of alkyl halides is 1. The minimum atomic E-state index is -0.977. The summed E-state index contributed by atoms with van der Waals surface area (Å²) in [5.74, 6) is -0.162. The van der Waals surface area contributed by atoms with Gasteiger partial charge in [0.25, 0.3) is 0 Å². The van der Waals surface area contributed by atoms with E-state index in [1.54, 1.807) is 12.1 Å². The summed E-state index contributed by atoms with van der Waals surface area (Å²) < 4.78 is 31.5. The van der Waals surface area contributed by atoms with Gasteiger partial charge in [0.05, 0.1) is 12.2 Å². The molecule has 1 saturated heterocycles. The SMILES string of the molecule is Cc1ccc(C2=C(c3ccc(O[C@H]4CCN(CCCF)C4)cc3)c3ccc(C(=O)OF)cc3CCC2)c(P)c1. The van der Waals surface area contributed by atoms with Crippen LogP contribution in [0.3, 0.4) is 0 Å². The number of carbonyl (C=O) groups excluding carboxylic acids is 1. The third-order valence-electron chi connectivity index (χ3n) is 7.67. The lowest BCUT2D eigenvalue weighted by atomic mass is 9.87. The van der Waals surface area contributed by atoms with Crippen LogP contribution < -0.4 is 10.0 Å². The van der Waals surface area contributed by atoms with Gasteiger partial charge < -0.3 is 4.74 Å². The van der Waals surface area contributed by atoms with Crippen LogP contribution in [0.25, 0.3) is 11.1 Å². The van der Waals surface area contributed by atoms with E-state index in [4.69, 9.17) is 4.74 Å². The second-order valence-electron chi connectivity index (χ2n) is 10.4. The highest BCUT2D eigenvalue weighted by atomic mass is 31.0. The van der Waals surface area contributed by atoms with Crippen molar-refractivity contribution >= 4 is 31.7 Å². The Morgan fingerprint density at radius 2 is 1.85 bits per heavy atom. The zero-order valence-corrected chi connectivity index (χ0v) is 23.4. The maximum atomic E-state index is 12.7. The number of benzene rings is 3. The molecule has 1 unspecified atom stereocenters. The van der Waals surface area contributed by atoms with Gasteiger partial charge in [0.1, 0.15) is 11.9 Å². The molecule has 0 radical (unpaired) electrons. The summed E-state index contributed by atoms with van der Waals surface area (Å²) in [4.78, 5) is 17.7. The Kier molecular flexibility index (Phi) is 8.74. The topological polar surface area (TPSA) is 38.8 Å². The summed E-state index contributed by atoms with van der Waals surface area (Å²) in [7, 11) is 2.88. The van der Waals surface area contributed by atoms with Gasteiger partial charge in [0.15, 0.2) is 0 Å². The lowest BCUT2D eigenvalue weighted by molar-refractivity contribution is -0.0788. The third-order valence-corrected chi connectivity index (χ3v) is 8.15. The highest BCUT2D eigenvalue weighted by Gasteiger charge is 2.25. The van der Waals surface area contributed by atoms with Gasteiger partial charge in [-0.15, -0.1) is 9.24 Å². The predicted octanol–water partition coefficient (Wildman–Crippen LogP) is 6.64. The summed E-state index contributed by atoms with van der Waals surface area (Å²) in [6.07, 6.45) is 4.15. The van der Waals surface area contributed by atoms with Crippen molar-refractivity contribution < 1.29 is 23.4 Å². The van der Waals surface area contributed by atoms with Gasteiger partial charge in [0.2, 0.25) is 0 Å². The average Bonchev–Trinajstić information content (AvgIpc) is 3.30. The van der Waals surface area contributed by atoms with Crippen molar-refractivity contribution in [3.05, 3.63) is 94.0 Å². The molecular formula is C32H34F2NO3P. The molecule has 2 atom stereocenters. The quantitative estimate of drug-likeness (QED) is 0.295. The molecule has 0 spiro atoms. The molecule has 0 N–H and O–H groups in total. The molecule has 204 valence electrons. The number of allylic oxidation sites excluding steroid dienone is 1. The molecule has 2 aliphatic rings. The second kappa shape index (κ2) is 12.4. The number of nitrogens with zero attached hydrogens (tertiary/aromatic N) is 1. The van der Waals surface area contributed by atoms with Crippen molar-refractivity contribution in [1.29, 1.82) is 0 Å². The van der Waals surface area contributed by atoms with Gasteiger partial charge in [-0.2, -0.15) is 0 Å². The Bertz CT molecular complexity index is 1370. The van der Waals surface area contributed by atoms with Crippen molar-refractivity contribution in [1.82, 2.24) is 4.90 Å². The molecule has 4 nitrogen and oxygen atoms in total. The molecule has 1 fully saturated rings. The van der Waals surface area contributed by atoms with Crippen LogP contribution in [-0.4, -0.2) is 43.3 Å². The molecule has 1 aliphatic heterocycles. The summed E-state index contributed by atoms with van der Waals surface area (Å²) >= 11 is 0. The Morgan fingerprint density at radius 1 is 1.05 bits per heavy atom. The minimum Gasteiger partial charge on any atom is -0.489 e. The third kappa shape index (κ3) is 6.23. The number of fused-ring (bicyclic) bond motifs is 1. The molecule has 5 rings (SSSR count). The molecule has 0 amide bonds. The summed E-state index contributed by atoms with van der Waals surface area (Å²) in [5.41, 5.74) is 8.04. The fourth-order valence-corrected chi connectivity index (χ4v) is 6.32. The fraction of sp³-hybridized carbons (Fsp3) is 0.344. The van der Waals surface area contributed by atoms with Gasteiger partial charge in [-0.3, -0.25) is 9.29 Å². The van der Waals surface area contributed by atoms with Crippen molar-refractivity contribution in [3.8, 4) is 5.75 Å². The van der Waals surface area contributed by atoms with E-state index in [2.05, 4.69) is 56.3 Å². The maximum Gasteiger partial charge on any atom is 0.379 e. The van der Waals surface area contributed by atoms with E-state index >= 15 is 0 Å². The molecule has 0 bridgehead atoms. The van der Waals surface area contributed by atoms with Crippen LogP contribution in [0.5, 0.6) is 5.75 Å². The first-order valence-electron chi connectivity index (χ1n) is 13.6. The number of ether oxygens (including phenoxy) is 1. The minimum absolute atomic E-state index is 0.102. The first-order valence-corrected chi connectivity index (χ1v) is 14.2. The molecule has 0 saturated carbocycles. The monoisotopic (exact) mass is 549 g/mol. The van der Waals surface area contributed by atoms with Crippen molar-refractivity contribution in [3.63, 3.8) is 0 Å². The van der Waals surface area contributed by atoms with Crippen molar-refractivity contribution in [2.75, 3.05) is 26.3 Å². The number of aryl methyl sites for hydroxylation is 2. The average molecular weight is 550 g/mol. The van der Waals surface area contributed by atoms with Gasteiger partial charge in [-0.25, -0.2) is 9.74 Å². The molecule has 39 heavy (non-hydrogen) atoms. The van der Waals surface area contributed by atoms with E-state index in [0.717, 1.165) is 78.6 Å². The molecule has 1 heterocycles. The van der Waals surface area contributed by atoms with E-state index in [0.29, 0.717) is 6.42 Å². The second-order valence-corrected chi connectivity index (χ2v) is 11.1. The number of carbonyl (C=O) groups is 1. The van der Waals surface area contributed by atoms with Crippen LogP contribution in [0.1, 0.15) is 63.9 Å². The molecular weight excluding hydrogens is 515 g/mol. The normalized spacial score (nSPS) is 17.6. The van der Waals surface area contributed by atoms with Gasteiger partial charge in [-0.05, 0) is 102 Å². The molecule has 0 aromatic heterocycles. The standard InChI is InChI=1S/C32H34F2NO3P/c1-21-6-12-28(30(39)18-21)29-5-2-4-23-19-24(32(36)38-34)9-13-27(23)31(29)22-7-10-25(11-8-22)37-26-14-17-35(20-26)16-3-15-33/h6-13,18-19,26H,2-5,14-17,20,39H2,1H3/t26-/m0/s1. The van der Waals surface area contributed by atoms with Gasteiger partial charge in [-0.1, -0.05) is 42.0 Å². The highest BCUT2D eigenvalue weighted by Crippen LogP contribution is 2.40. The van der Waals surface area contributed by atoms with Crippen LogP contribution in [0, 0.1) is 6.92 Å². The Morgan fingerprint density at radius 3 is 2.59 bits per heavy atom. The number of rotatable bonds is 8. The largest absolute Gasteiger partial charge is 0.489 e. The number of likely N-dealkylation sites (tertiary alicyclic amines) is 1. The van der Waals surface area contributed by atoms with Crippen LogP contribution in [0.2, 0.25) is 0 Å². The zero-order chi connectivity index (χ0) is 27.4. The van der Waals surface area contributed by atoms with Gasteiger partial charge >= 0.3 is 5.97 Å². The summed E-state index contributed by atoms with van der Waals surface area (Å²) in [5, 5.41) is 1.14. The van der Waals surface area contributed by atoms with E-state index in [1.165, 1.54) is 16.7 Å². The van der Waals surface area contributed by atoms with Gasteiger partial charge in [0, 0.05) is 24.2 Å². The smallest absolute Gasteiger partial charge is 0.379 e. The van der Waals surface area contributed by atoms with E-state index in [-0.39, 0.29) is 18.3 Å². The van der Waals surface area contributed by atoms with E-state index in [9.17, 15) is 13.7 Å². The molecule has 1 aliphatic carbocycles. The van der Waals surface area contributed by atoms with Crippen LogP contribution >= 0.6 is 9.24 Å². The highest BCUT2D eigenvalue weighted by molar-refractivity contribution is 7.27. The predicted molar refractivity (Wildman–Crippen MR) is 155 cm³/mol. The molecule has 3 aromatic carbocycles. The van der Waals surface area contributed by atoms with E-state index in [1.807, 2.05) is 18.2 Å². The lowest BCUT2D eigenvalue weighted by Gasteiger charge is -2.19. The molecule has 7 heteroatoms. The number of hydrogen-bond donors (Lipinski definition) is 0. The Labute approximate surface area is 231 Å². The van der Waals surface area contributed by atoms with Crippen molar-refractivity contribution in [2.45, 2.75) is 45.1 Å². The van der Waals surface area contributed by atoms with Crippen LogP contribution in [0.15, 0.2) is 60.7 Å². The van der Waals surface area contributed by atoms with E-state index < -0.39 is 5.97 Å². The number of hydrogen-bond acceptors (Lipinski definition) is 4. The van der Waals surface area contributed by atoms with Crippen LogP contribution in [0.4, 0.5) is 8.92 Å². The summed E-state index contributed by atoms with van der Waals surface area (Å²) in [6.45, 7) is 4.32. The molecule has 3 aromatic rings. The zero-order valence-electron chi connectivity index (χ0n) is 22.2. The summed E-state index contributed by atoms with van der Waals surface area (Å²) in [6, 6.07) is 20.0. The Balaban J connectivity index is 1.51.